The van der Waals surface area contributed by atoms with Gasteiger partial charge in [0.05, 0.1) is 6.54 Å². The van der Waals surface area contributed by atoms with E-state index in [-0.39, 0.29) is 12.4 Å². The summed E-state index contributed by atoms with van der Waals surface area (Å²) in [7, 11) is -0.651. The van der Waals surface area contributed by atoms with Crippen molar-refractivity contribution in [2.75, 3.05) is 19.0 Å². The van der Waals surface area contributed by atoms with Gasteiger partial charge in [-0.05, 0) is 24.3 Å². The van der Waals surface area contributed by atoms with Crippen LogP contribution in [0, 0.1) is 11.6 Å². The molecule has 0 spiro atoms. The third kappa shape index (κ3) is 3.74. The predicted octanol–water partition coefficient (Wildman–Crippen LogP) is 1.30. The first-order chi connectivity index (χ1) is 10.3. The number of nitrogens with zero attached hydrogens (tertiary/aromatic N) is 3. The normalized spacial score (nSPS) is 11.5. The van der Waals surface area contributed by atoms with Crippen molar-refractivity contribution in [2.24, 2.45) is 0 Å². The molecule has 2 aromatic rings. The molecule has 2 rings (SSSR count). The lowest BCUT2D eigenvalue weighted by Crippen LogP contribution is -2.25. The Labute approximate surface area is 126 Å². The Kier molecular flexibility index (Phi) is 4.67. The molecule has 1 N–H and O–H groups in total. The Bertz CT molecular complexity index is 781. The summed E-state index contributed by atoms with van der Waals surface area (Å²) < 4.78 is 52.8. The van der Waals surface area contributed by atoms with E-state index in [1.54, 1.807) is 25.1 Å². The van der Waals surface area contributed by atoms with Crippen LogP contribution in [-0.2, 0) is 16.6 Å². The van der Waals surface area contributed by atoms with Crippen molar-refractivity contribution in [3.63, 3.8) is 0 Å². The molecule has 0 radical (unpaired) electrons. The number of aromatic nitrogens is 2. The van der Waals surface area contributed by atoms with Crippen molar-refractivity contribution >= 4 is 15.8 Å². The van der Waals surface area contributed by atoms with Crippen LogP contribution in [0.4, 0.5) is 14.6 Å². The molecule has 0 fully saturated rings. The van der Waals surface area contributed by atoms with E-state index in [1.165, 1.54) is 6.20 Å². The summed E-state index contributed by atoms with van der Waals surface area (Å²) in [5, 5.41) is 0. The maximum Gasteiger partial charge on any atom is 0.243 e. The maximum atomic E-state index is 13.5. The first kappa shape index (κ1) is 16.2. The van der Waals surface area contributed by atoms with Crippen LogP contribution >= 0.6 is 0 Å². The molecule has 118 valence electrons. The molecule has 0 atom stereocenters. The number of rotatable bonds is 5. The summed E-state index contributed by atoms with van der Waals surface area (Å²) in [5.74, 6) is -1.06. The van der Waals surface area contributed by atoms with Gasteiger partial charge < -0.3 is 4.90 Å². The van der Waals surface area contributed by atoms with Gasteiger partial charge in [-0.1, -0.05) is 0 Å². The van der Waals surface area contributed by atoms with Gasteiger partial charge in [0.1, 0.15) is 28.2 Å². The zero-order chi connectivity index (χ0) is 16.3. The van der Waals surface area contributed by atoms with Gasteiger partial charge in [-0.3, -0.25) is 0 Å². The molecule has 0 aliphatic rings. The number of benzene rings is 1. The molecule has 9 heteroatoms. The molecular weight excluding hydrogens is 314 g/mol. The zero-order valence-corrected chi connectivity index (χ0v) is 12.7. The summed E-state index contributed by atoms with van der Waals surface area (Å²) in [6, 6.07) is 3.88. The summed E-state index contributed by atoms with van der Waals surface area (Å²) >= 11 is 0. The zero-order valence-electron chi connectivity index (χ0n) is 11.9. The number of anilines is 1. The first-order valence-electron chi connectivity index (χ1n) is 6.23. The Morgan fingerprint density at radius 1 is 1.23 bits per heavy atom. The third-order valence-corrected chi connectivity index (χ3v) is 4.17. The van der Waals surface area contributed by atoms with E-state index >= 15 is 0 Å². The standard InChI is InChI=1S/C13H14F2N4O2S/c1-19(2)13-5-6-16-12(18-13)8-17-22(20,21)11-7-9(14)3-4-10(11)15/h3-7,17H,8H2,1-2H3. The van der Waals surface area contributed by atoms with Crippen molar-refractivity contribution in [3.05, 3.63) is 47.9 Å². The van der Waals surface area contributed by atoms with E-state index in [9.17, 15) is 17.2 Å². The van der Waals surface area contributed by atoms with E-state index in [0.29, 0.717) is 11.9 Å². The van der Waals surface area contributed by atoms with Crippen molar-refractivity contribution in [1.29, 1.82) is 0 Å². The fraction of sp³-hybridized carbons (Fsp3) is 0.231. The van der Waals surface area contributed by atoms with E-state index < -0.39 is 26.6 Å². The highest BCUT2D eigenvalue weighted by molar-refractivity contribution is 7.89. The highest BCUT2D eigenvalue weighted by Gasteiger charge is 2.20. The second-order valence-corrected chi connectivity index (χ2v) is 6.36. The molecule has 0 saturated heterocycles. The molecule has 0 aliphatic carbocycles. The minimum absolute atomic E-state index is 0.214. The Morgan fingerprint density at radius 2 is 1.95 bits per heavy atom. The van der Waals surface area contributed by atoms with Crippen LogP contribution < -0.4 is 9.62 Å². The fourth-order valence-electron chi connectivity index (χ4n) is 1.64. The quantitative estimate of drug-likeness (QED) is 0.895. The van der Waals surface area contributed by atoms with Crippen LogP contribution in [0.25, 0.3) is 0 Å². The van der Waals surface area contributed by atoms with E-state index in [4.69, 9.17) is 0 Å². The minimum Gasteiger partial charge on any atom is -0.363 e. The van der Waals surface area contributed by atoms with Crippen LogP contribution in [0.5, 0.6) is 0 Å². The van der Waals surface area contributed by atoms with Gasteiger partial charge in [-0.25, -0.2) is 31.9 Å². The van der Waals surface area contributed by atoms with Crippen molar-refractivity contribution in [1.82, 2.24) is 14.7 Å². The van der Waals surface area contributed by atoms with Gasteiger partial charge in [0.25, 0.3) is 0 Å². The van der Waals surface area contributed by atoms with Gasteiger partial charge in [0, 0.05) is 20.3 Å². The van der Waals surface area contributed by atoms with E-state index in [0.717, 1.165) is 12.1 Å². The number of hydrogen-bond donors (Lipinski definition) is 1. The Hall–Kier alpha value is -2.13. The highest BCUT2D eigenvalue weighted by atomic mass is 32.2. The molecule has 1 aromatic heterocycles. The van der Waals surface area contributed by atoms with Crippen LogP contribution in [0.1, 0.15) is 5.82 Å². The molecule has 0 saturated carbocycles. The monoisotopic (exact) mass is 328 g/mol. The molecule has 0 aliphatic heterocycles. The highest BCUT2D eigenvalue weighted by Crippen LogP contribution is 2.16. The summed E-state index contributed by atoms with van der Waals surface area (Å²) in [4.78, 5) is 9.03. The number of nitrogens with one attached hydrogen (secondary N) is 1. The van der Waals surface area contributed by atoms with Crippen LogP contribution in [-0.4, -0.2) is 32.5 Å². The van der Waals surface area contributed by atoms with Gasteiger partial charge in [-0.15, -0.1) is 0 Å². The average Bonchev–Trinajstić information content (AvgIpc) is 2.48. The lowest BCUT2D eigenvalue weighted by Gasteiger charge is -2.12. The van der Waals surface area contributed by atoms with Gasteiger partial charge in [0.15, 0.2) is 0 Å². The van der Waals surface area contributed by atoms with Crippen LogP contribution in [0.2, 0.25) is 0 Å². The molecule has 0 unspecified atom stereocenters. The van der Waals surface area contributed by atoms with Crippen molar-refractivity contribution < 1.29 is 17.2 Å². The number of hydrogen-bond acceptors (Lipinski definition) is 5. The molecule has 22 heavy (non-hydrogen) atoms. The summed E-state index contributed by atoms with van der Waals surface area (Å²) in [6.45, 7) is -0.236. The molecular formula is C13H14F2N4O2S. The SMILES string of the molecule is CN(C)c1ccnc(CNS(=O)(=O)c2cc(F)ccc2F)n1. The van der Waals surface area contributed by atoms with E-state index in [2.05, 4.69) is 14.7 Å². The average molecular weight is 328 g/mol. The maximum absolute atomic E-state index is 13.5. The second-order valence-electron chi connectivity index (χ2n) is 4.62. The topological polar surface area (TPSA) is 75.2 Å². The van der Waals surface area contributed by atoms with Gasteiger partial charge in [0.2, 0.25) is 10.0 Å². The first-order valence-corrected chi connectivity index (χ1v) is 7.72. The largest absolute Gasteiger partial charge is 0.363 e. The summed E-state index contributed by atoms with van der Waals surface area (Å²) in [5.41, 5.74) is 0. The molecule has 6 nitrogen and oxygen atoms in total. The molecule has 0 bridgehead atoms. The Morgan fingerprint density at radius 3 is 2.64 bits per heavy atom. The van der Waals surface area contributed by atoms with Crippen LogP contribution in [0.3, 0.4) is 0 Å². The lowest BCUT2D eigenvalue weighted by molar-refractivity contribution is 0.544. The fourth-order valence-corrected chi connectivity index (χ4v) is 2.71. The lowest BCUT2D eigenvalue weighted by atomic mass is 10.3. The van der Waals surface area contributed by atoms with E-state index in [1.807, 2.05) is 0 Å². The molecule has 1 aromatic carbocycles. The van der Waals surface area contributed by atoms with Crippen molar-refractivity contribution in [3.8, 4) is 0 Å². The predicted molar refractivity (Wildman–Crippen MR) is 76.7 cm³/mol. The summed E-state index contributed by atoms with van der Waals surface area (Å²) in [6.07, 6.45) is 1.48. The third-order valence-electron chi connectivity index (χ3n) is 2.75. The molecule has 0 amide bonds. The Balaban J connectivity index is 2.20. The van der Waals surface area contributed by atoms with Crippen molar-refractivity contribution in [2.45, 2.75) is 11.4 Å². The van der Waals surface area contributed by atoms with Gasteiger partial charge in [-0.2, -0.15) is 0 Å². The van der Waals surface area contributed by atoms with Crippen LogP contribution in [0.15, 0.2) is 35.4 Å². The smallest absolute Gasteiger partial charge is 0.243 e. The molecule has 1 heterocycles. The number of sulfonamides is 1. The number of halogens is 2. The van der Waals surface area contributed by atoms with Gasteiger partial charge >= 0.3 is 0 Å². The minimum atomic E-state index is -4.20. The second kappa shape index (κ2) is 6.32.